The minimum Gasteiger partial charge on any atom is -0.549 e. The number of aromatic hydroxyl groups is 1. The molecule has 298 valence electrons. The highest BCUT2D eigenvalue weighted by atomic mass is 16.8. The first-order valence-corrected chi connectivity index (χ1v) is 18.1. The fourth-order valence-corrected chi connectivity index (χ4v) is 7.33. The van der Waals surface area contributed by atoms with Crippen molar-refractivity contribution < 1.29 is 63.7 Å². The predicted molar refractivity (Wildman–Crippen MR) is 199 cm³/mol. The molecule has 1 fully saturated rings. The summed E-state index contributed by atoms with van der Waals surface area (Å²) in [5.41, 5.74) is 2.25. The van der Waals surface area contributed by atoms with Gasteiger partial charge in [0.05, 0.1) is 29.1 Å². The maximum atomic E-state index is 13.5. The molecule has 16 heteroatoms. The van der Waals surface area contributed by atoms with Gasteiger partial charge in [0.25, 0.3) is 0 Å². The minimum absolute atomic E-state index is 0.0340. The van der Waals surface area contributed by atoms with Crippen molar-refractivity contribution in [1.82, 2.24) is 5.32 Å². The van der Waals surface area contributed by atoms with E-state index in [4.69, 9.17) is 23.5 Å². The normalized spacial score (nSPS) is 25.8. The molecule has 0 spiro atoms. The number of rotatable bonds is 13. The van der Waals surface area contributed by atoms with Crippen LogP contribution in [0.2, 0.25) is 0 Å². The molecule has 0 saturated carbocycles. The number of carboxylic acid groups (broad SMARTS) is 1. The van der Waals surface area contributed by atoms with Gasteiger partial charge in [0, 0.05) is 24.4 Å². The fraction of sp³-hybridized carbons (Fsp3) is 0.317. The molecule has 0 bridgehead atoms. The second kappa shape index (κ2) is 16.0. The largest absolute Gasteiger partial charge is 0.549 e. The SMILES string of the molecule is CNC[C@@H](C(=O)[O-])C(=O)OC[C@@H]1O[C@H](Oc2ccc3c(=O)c(-c4ccc(O)cc4)coc3c2)[C@H](O[NH+]2C=C3C=CN=C3C2c2cc(C)cc(C)c2)[C@@](O)(CO)[C@H]1O. The summed E-state index contributed by atoms with van der Waals surface area (Å²) < 4.78 is 23.5. The molecule has 4 aromatic rings. The van der Waals surface area contributed by atoms with E-state index in [2.05, 4.69) is 10.3 Å². The number of nitrogens with zero attached hydrogens (tertiary/aromatic N) is 1. The Morgan fingerprint density at radius 2 is 1.82 bits per heavy atom. The van der Waals surface area contributed by atoms with Gasteiger partial charge in [0.1, 0.15) is 60.0 Å². The quantitative estimate of drug-likeness (QED) is 0.0768. The Bertz CT molecular complexity index is 2320. The Balaban J connectivity index is 1.24. The molecule has 1 aromatic heterocycles. The summed E-state index contributed by atoms with van der Waals surface area (Å²) in [6.45, 7) is 1.76. The van der Waals surface area contributed by atoms with Gasteiger partial charge in [0.15, 0.2) is 17.1 Å². The van der Waals surface area contributed by atoms with Crippen LogP contribution in [0.5, 0.6) is 11.5 Å². The van der Waals surface area contributed by atoms with E-state index in [1.165, 1.54) is 43.6 Å². The summed E-state index contributed by atoms with van der Waals surface area (Å²) in [6, 6.07) is 15.8. The van der Waals surface area contributed by atoms with Crippen LogP contribution >= 0.6 is 0 Å². The van der Waals surface area contributed by atoms with Crippen molar-refractivity contribution in [3.8, 4) is 22.6 Å². The van der Waals surface area contributed by atoms with E-state index in [-0.39, 0.29) is 40.0 Å². The molecule has 0 radical (unpaired) electrons. The molecule has 3 aromatic carbocycles. The van der Waals surface area contributed by atoms with Crippen molar-refractivity contribution in [3.05, 3.63) is 118 Å². The zero-order valence-electron chi connectivity index (χ0n) is 31.1. The number of aliphatic imine (C=N–C) groups is 1. The van der Waals surface area contributed by atoms with Gasteiger partial charge in [-0.2, -0.15) is 9.90 Å². The highest BCUT2D eigenvalue weighted by Gasteiger charge is 2.60. The lowest BCUT2D eigenvalue weighted by Crippen LogP contribution is -3.08. The summed E-state index contributed by atoms with van der Waals surface area (Å²) in [4.78, 5) is 49.0. The number of hydroxylamine groups is 2. The number of allylic oxidation sites excluding steroid dienone is 1. The van der Waals surface area contributed by atoms with Crippen LogP contribution in [0.25, 0.3) is 22.1 Å². The number of phenolic OH excluding ortho intramolecular Hbond substituents is 1. The minimum atomic E-state index is -2.53. The molecule has 8 atom stereocenters. The number of hydrogen-bond acceptors (Lipinski definition) is 15. The number of aliphatic carboxylic acids is 1. The molecule has 3 aliphatic rings. The van der Waals surface area contributed by atoms with E-state index >= 15 is 0 Å². The highest BCUT2D eigenvalue weighted by molar-refractivity contribution is 6.08. The molecule has 6 N–H and O–H groups in total. The number of esters is 1. The zero-order chi connectivity index (χ0) is 40.6. The second-order valence-corrected chi connectivity index (χ2v) is 14.2. The van der Waals surface area contributed by atoms with Gasteiger partial charge < -0.3 is 54.3 Å². The average molecular weight is 784 g/mol. The first-order chi connectivity index (χ1) is 27.3. The number of carboxylic acids is 1. The Morgan fingerprint density at radius 3 is 2.51 bits per heavy atom. The number of aliphatic hydroxyl groups is 3. The van der Waals surface area contributed by atoms with Crippen LogP contribution in [-0.4, -0.2) is 95.1 Å². The van der Waals surface area contributed by atoms with E-state index < -0.39 is 67.3 Å². The summed E-state index contributed by atoms with van der Waals surface area (Å²) in [7, 11) is 1.44. The van der Waals surface area contributed by atoms with Crippen LogP contribution in [-0.2, 0) is 23.9 Å². The summed E-state index contributed by atoms with van der Waals surface area (Å²) in [6.07, 6.45) is -0.380. The number of phenols is 1. The molecular formula is C41H41N3O13. The fourth-order valence-electron chi connectivity index (χ4n) is 7.33. The topological polar surface area (TPSA) is 234 Å². The van der Waals surface area contributed by atoms with Gasteiger partial charge in [-0.15, -0.1) is 0 Å². The second-order valence-electron chi connectivity index (χ2n) is 14.2. The number of carbonyl (C=O) groups is 2. The van der Waals surface area contributed by atoms with Gasteiger partial charge in [-0.1, -0.05) is 29.3 Å². The monoisotopic (exact) mass is 783 g/mol. The van der Waals surface area contributed by atoms with E-state index in [0.29, 0.717) is 16.3 Å². The molecule has 0 aliphatic carbocycles. The van der Waals surface area contributed by atoms with Crippen LogP contribution in [0.15, 0.2) is 105 Å². The van der Waals surface area contributed by atoms with E-state index in [0.717, 1.165) is 22.3 Å². The third-order valence-corrected chi connectivity index (χ3v) is 10.2. The number of hydrogen-bond donors (Lipinski definition) is 6. The van der Waals surface area contributed by atoms with Crippen LogP contribution < -0.4 is 25.7 Å². The number of benzene rings is 3. The van der Waals surface area contributed by atoms with Crippen molar-refractivity contribution in [1.29, 1.82) is 0 Å². The molecule has 4 heterocycles. The molecule has 57 heavy (non-hydrogen) atoms. The summed E-state index contributed by atoms with van der Waals surface area (Å²) in [5, 5.41) is 58.9. The van der Waals surface area contributed by atoms with Crippen molar-refractivity contribution >= 4 is 28.6 Å². The number of ether oxygens (including phenoxy) is 3. The third-order valence-electron chi connectivity index (χ3n) is 10.2. The molecule has 16 nitrogen and oxygen atoms in total. The highest BCUT2D eigenvalue weighted by Crippen LogP contribution is 2.35. The molecule has 2 unspecified atom stereocenters. The van der Waals surface area contributed by atoms with E-state index in [1.54, 1.807) is 30.6 Å². The molecule has 0 amide bonds. The lowest BCUT2D eigenvalue weighted by atomic mass is 9.84. The van der Waals surface area contributed by atoms with Gasteiger partial charge in [-0.25, -0.2) is 0 Å². The van der Waals surface area contributed by atoms with Crippen LogP contribution in [0.1, 0.15) is 22.7 Å². The Hall–Kier alpha value is -5.72. The molecule has 7 rings (SSSR count). The number of fused-ring (bicyclic) bond motifs is 2. The number of carbonyl (C=O) groups excluding carboxylic acids is 2. The maximum absolute atomic E-state index is 13.5. The van der Waals surface area contributed by atoms with Crippen molar-refractivity contribution in [2.24, 2.45) is 10.9 Å². The number of aliphatic hydroxyl groups excluding tert-OH is 2. The summed E-state index contributed by atoms with van der Waals surface area (Å²) in [5.74, 6) is -4.48. The Labute approximate surface area is 325 Å². The van der Waals surface area contributed by atoms with E-state index in [1.807, 2.05) is 32.0 Å². The predicted octanol–water partition coefficient (Wildman–Crippen LogP) is -0.109. The summed E-state index contributed by atoms with van der Waals surface area (Å²) >= 11 is 0. The van der Waals surface area contributed by atoms with Crippen LogP contribution in [0, 0.1) is 19.8 Å². The zero-order valence-corrected chi connectivity index (χ0v) is 31.1. The lowest BCUT2D eigenvalue weighted by Gasteiger charge is -2.48. The lowest BCUT2D eigenvalue weighted by molar-refractivity contribution is -1.07. The Kier molecular flexibility index (Phi) is 11.1. The number of quaternary nitrogens is 1. The van der Waals surface area contributed by atoms with Crippen molar-refractivity contribution in [3.63, 3.8) is 0 Å². The third kappa shape index (κ3) is 7.71. The first-order valence-electron chi connectivity index (χ1n) is 18.1. The van der Waals surface area contributed by atoms with Crippen LogP contribution in [0.4, 0.5) is 0 Å². The van der Waals surface area contributed by atoms with Gasteiger partial charge in [-0.05, 0) is 68.9 Å². The number of nitrogens with one attached hydrogen (secondary N) is 2. The Morgan fingerprint density at radius 1 is 1.09 bits per heavy atom. The number of aryl methyl sites for hydroxylation is 2. The van der Waals surface area contributed by atoms with Crippen LogP contribution in [0.3, 0.4) is 0 Å². The van der Waals surface area contributed by atoms with Gasteiger partial charge in [-0.3, -0.25) is 14.6 Å². The molecular weight excluding hydrogens is 742 g/mol. The van der Waals surface area contributed by atoms with Crippen molar-refractivity contribution in [2.75, 3.05) is 26.8 Å². The standard InChI is InChI=1S/C41H41N3O13/c1-21-12-22(2)14-25(13-21)34-33-24(10-11-43-33)17-44(34)57-37-40(56-32(36(48)41(37,52)20-45)19-54-39(51)29(16-42-3)38(49)50)55-27-8-9-28-31(15-27)53-18-30(35(28)47)23-4-6-26(46)7-5-23/h4-15,17-18,29,32,34,36-37,40,42,45-46,48,52H,16,19-20H2,1-3H3,(H,49,50)/t29-,32-,34?,36-,37-,40-,41+/m0/s1. The van der Waals surface area contributed by atoms with E-state index in [9.17, 15) is 39.9 Å². The average Bonchev–Trinajstić information content (AvgIpc) is 3.77. The molecule has 1 saturated heterocycles. The maximum Gasteiger partial charge on any atom is 0.316 e. The van der Waals surface area contributed by atoms with Gasteiger partial charge in [0.2, 0.25) is 12.4 Å². The first kappa shape index (κ1) is 39.5. The molecule has 3 aliphatic heterocycles. The van der Waals surface area contributed by atoms with Gasteiger partial charge >= 0.3 is 5.97 Å². The smallest absolute Gasteiger partial charge is 0.316 e. The van der Waals surface area contributed by atoms with Crippen molar-refractivity contribution in [2.45, 2.75) is 50.1 Å².